The number of rotatable bonds is 4. The van der Waals surface area contributed by atoms with Crippen LogP contribution in [0, 0.1) is 5.92 Å². The summed E-state index contributed by atoms with van der Waals surface area (Å²) >= 11 is 0. The van der Waals surface area contributed by atoms with Gasteiger partial charge in [0.2, 0.25) is 11.8 Å². The highest BCUT2D eigenvalue weighted by molar-refractivity contribution is 5.81. The van der Waals surface area contributed by atoms with Crippen molar-refractivity contribution in [1.29, 1.82) is 0 Å². The zero-order valence-electron chi connectivity index (χ0n) is 9.16. The van der Waals surface area contributed by atoms with Gasteiger partial charge in [0.1, 0.15) is 0 Å². The highest BCUT2D eigenvalue weighted by atomic mass is 16.2. The monoisotopic (exact) mass is 210 g/mol. The molecular weight excluding hydrogens is 192 g/mol. The summed E-state index contributed by atoms with van der Waals surface area (Å²) in [7, 11) is 0. The summed E-state index contributed by atoms with van der Waals surface area (Å²) in [6, 6.07) is 0.0835. The minimum atomic E-state index is 0.0835. The molecule has 0 aromatic rings. The minimum Gasteiger partial charge on any atom is -0.352 e. The molecule has 1 saturated carbocycles. The summed E-state index contributed by atoms with van der Waals surface area (Å²) in [5, 5.41) is 2.96. The van der Waals surface area contributed by atoms with Crippen LogP contribution < -0.4 is 5.32 Å². The Bertz CT molecular complexity index is 274. The first kappa shape index (κ1) is 10.5. The van der Waals surface area contributed by atoms with Crippen molar-refractivity contribution in [2.75, 3.05) is 13.1 Å². The molecule has 4 heteroatoms. The van der Waals surface area contributed by atoms with E-state index in [2.05, 4.69) is 5.32 Å². The summed E-state index contributed by atoms with van der Waals surface area (Å²) in [4.78, 5) is 24.7. The molecule has 0 radical (unpaired) electrons. The number of hydrogen-bond donors (Lipinski definition) is 1. The lowest BCUT2D eigenvalue weighted by Crippen LogP contribution is -2.42. The highest BCUT2D eigenvalue weighted by Crippen LogP contribution is 2.28. The van der Waals surface area contributed by atoms with Gasteiger partial charge in [-0.3, -0.25) is 9.59 Å². The van der Waals surface area contributed by atoms with Crippen molar-refractivity contribution in [3.8, 4) is 0 Å². The van der Waals surface area contributed by atoms with Crippen LogP contribution in [0.25, 0.3) is 0 Å². The predicted molar refractivity (Wildman–Crippen MR) is 56.1 cm³/mol. The third-order valence-electron chi connectivity index (χ3n) is 3.00. The Labute approximate surface area is 90.0 Å². The first-order valence-electron chi connectivity index (χ1n) is 5.75. The molecule has 84 valence electrons. The van der Waals surface area contributed by atoms with Crippen molar-refractivity contribution in [3.63, 3.8) is 0 Å². The summed E-state index contributed by atoms with van der Waals surface area (Å²) in [6.45, 7) is 3.48. The summed E-state index contributed by atoms with van der Waals surface area (Å²) < 4.78 is 0. The second kappa shape index (κ2) is 4.21. The van der Waals surface area contributed by atoms with Gasteiger partial charge in [-0.1, -0.05) is 0 Å². The Morgan fingerprint density at radius 3 is 2.87 bits per heavy atom. The fourth-order valence-corrected chi connectivity index (χ4v) is 1.98. The standard InChI is InChI=1S/C11H18N2O2/c1-8(12-11(15)9-4-5-9)7-13-6-2-3-10(13)14/h8-9H,2-7H2,1H3,(H,12,15). The molecule has 0 aromatic heterocycles. The van der Waals surface area contributed by atoms with Crippen LogP contribution in [-0.2, 0) is 9.59 Å². The van der Waals surface area contributed by atoms with Crippen molar-refractivity contribution in [1.82, 2.24) is 10.2 Å². The second-order valence-corrected chi connectivity index (χ2v) is 4.63. The molecule has 1 N–H and O–H groups in total. The van der Waals surface area contributed by atoms with E-state index in [-0.39, 0.29) is 23.8 Å². The fourth-order valence-electron chi connectivity index (χ4n) is 1.98. The quantitative estimate of drug-likeness (QED) is 0.735. The van der Waals surface area contributed by atoms with Crippen molar-refractivity contribution in [3.05, 3.63) is 0 Å². The van der Waals surface area contributed by atoms with Gasteiger partial charge in [-0.2, -0.15) is 0 Å². The number of likely N-dealkylation sites (tertiary alicyclic amines) is 1. The first-order chi connectivity index (χ1) is 7.16. The van der Waals surface area contributed by atoms with E-state index in [1.807, 2.05) is 11.8 Å². The molecule has 0 bridgehead atoms. The summed E-state index contributed by atoms with van der Waals surface area (Å²) in [6.07, 6.45) is 3.69. The van der Waals surface area contributed by atoms with Gasteiger partial charge in [-0.05, 0) is 26.2 Å². The van der Waals surface area contributed by atoms with Crippen LogP contribution in [0.4, 0.5) is 0 Å². The molecule has 1 aliphatic heterocycles. The molecule has 0 spiro atoms. The van der Waals surface area contributed by atoms with Crippen LogP contribution in [0.2, 0.25) is 0 Å². The van der Waals surface area contributed by atoms with Gasteiger partial charge in [0.25, 0.3) is 0 Å². The van der Waals surface area contributed by atoms with Gasteiger partial charge in [0.05, 0.1) is 0 Å². The molecule has 1 saturated heterocycles. The van der Waals surface area contributed by atoms with Crippen LogP contribution in [-0.4, -0.2) is 35.8 Å². The van der Waals surface area contributed by atoms with Gasteiger partial charge < -0.3 is 10.2 Å². The van der Waals surface area contributed by atoms with Gasteiger partial charge in [-0.25, -0.2) is 0 Å². The van der Waals surface area contributed by atoms with E-state index in [0.717, 1.165) is 25.8 Å². The number of nitrogens with zero attached hydrogens (tertiary/aromatic N) is 1. The molecule has 2 fully saturated rings. The third-order valence-corrected chi connectivity index (χ3v) is 3.00. The summed E-state index contributed by atoms with van der Waals surface area (Å²) in [5.74, 6) is 0.637. The van der Waals surface area contributed by atoms with Gasteiger partial charge >= 0.3 is 0 Å². The fraction of sp³-hybridized carbons (Fsp3) is 0.818. The van der Waals surface area contributed by atoms with Crippen LogP contribution >= 0.6 is 0 Å². The third kappa shape index (κ3) is 2.70. The van der Waals surface area contributed by atoms with Crippen LogP contribution in [0.3, 0.4) is 0 Å². The number of nitrogens with one attached hydrogen (secondary N) is 1. The van der Waals surface area contributed by atoms with E-state index in [4.69, 9.17) is 0 Å². The highest BCUT2D eigenvalue weighted by Gasteiger charge is 2.31. The first-order valence-corrected chi connectivity index (χ1v) is 5.75. The Morgan fingerprint density at radius 1 is 1.60 bits per heavy atom. The van der Waals surface area contributed by atoms with Crippen molar-refractivity contribution in [2.24, 2.45) is 5.92 Å². The molecule has 1 atom stereocenters. The van der Waals surface area contributed by atoms with E-state index in [9.17, 15) is 9.59 Å². The largest absolute Gasteiger partial charge is 0.352 e. The molecule has 4 nitrogen and oxygen atoms in total. The second-order valence-electron chi connectivity index (χ2n) is 4.63. The number of carbonyl (C=O) groups excluding carboxylic acids is 2. The molecule has 1 heterocycles. The number of hydrogen-bond acceptors (Lipinski definition) is 2. The van der Waals surface area contributed by atoms with E-state index in [1.54, 1.807) is 0 Å². The van der Waals surface area contributed by atoms with Crippen LogP contribution in [0.5, 0.6) is 0 Å². The van der Waals surface area contributed by atoms with Crippen LogP contribution in [0.15, 0.2) is 0 Å². The molecule has 15 heavy (non-hydrogen) atoms. The number of carbonyl (C=O) groups is 2. The minimum absolute atomic E-state index is 0.0835. The lowest BCUT2D eigenvalue weighted by atomic mass is 10.3. The van der Waals surface area contributed by atoms with E-state index < -0.39 is 0 Å². The average Bonchev–Trinajstić information content (AvgIpc) is 2.94. The number of amides is 2. The molecule has 1 unspecified atom stereocenters. The molecule has 2 aliphatic rings. The van der Waals surface area contributed by atoms with Crippen molar-refractivity contribution < 1.29 is 9.59 Å². The Hall–Kier alpha value is -1.06. The maximum atomic E-state index is 11.5. The zero-order chi connectivity index (χ0) is 10.8. The molecular formula is C11H18N2O2. The van der Waals surface area contributed by atoms with Gasteiger partial charge in [-0.15, -0.1) is 0 Å². The Morgan fingerprint density at radius 2 is 2.33 bits per heavy atom. The Kier molecular flexibility index (Phi) is 2.93. The topological polar surface area (TPSA) is 49.4 Å². The molecule has 2 amide bonds. The average molecular weight is 210 g/mol. The van der Waals surface area contributed by atoms with Gasteiger partial charge in [0, 0.05) is 31.5 Å². The molecule has 1 aliphatic carbocycles. The van der Waals surface area contributed by atoms with E-state index in [0.29, 0.717) is 13.0 Å². The van der Waals surface area contributed by atoms with E-state index >= 15 is 0 Å². The maximum Gasteiger partial charge on any atom is 0.223 e. The Balaban J connectivity index is 1.73. The normalized spacial score (nSPS) is 23.0. The lowest BCUT2D eigenvalue weighted by molar-refractivity contribution is -0.129. The molecule has 2 rings (SSSR count). The lowest BCUT2D eigenvalue weighted by Gasteiger charge is -2.21. The van der Waals surface area contributed by atoms with Crippen LogP contribution in [0.1, 0.15) is 32.6 Å². The zero-order valence-corrected chi connectivity index (χ0v) is 9.16. The van der Waals surface area contributed by atoms with Gasteiger partial charge in [0.15, 0.2) is 0 Å². The smallest absolute Gasteiger partial charge is 0.223 e. The van der Waals surface area contributed by atoms with Crippen molar-refractivity contribution in [2.45, 2.75) is 38.6 Å². The predicted octanol–water partition coefficient (Wildman–Crippen LogP) is 0.523. The SMILES string of the molecule is CC(CN1CCCC1=O)NC(=O)C1CC1. The van der Waals surface area contributed by atoms with E-state index in [1.165, 1.54) is 0 Å². The maximum absolute atomic E-state index is 11.5. The van der Waals surface area contributed by atoms with Crippen molar-refractivity contribution >= 4 is 11.8 Å². The molecule has 0 aromatic carbocycles. The summed E-state index contributed by atoms with van der Waals surface area (Å²) in [5.41, 5.74) is 0.